The van der Waals surface area contributed by atoms with Crippen LogP contribution in [0.15, 0.2) is 6.07 Å². The van der Waals surface area contributed by atoms with Crippen molar-refractivity contribution in [2.75, 3.05) is 5.32 Å². The Labute approximate surface area is 91.4 Å². The Morgan fingerprint density at radius 2 is 2.13 bits per heavy atom. The van der Waals surface area contributed by atoms with Crippen LogP contribution < -0.4 is 16.8 Å². The molecule has 0 aliphatic rings. The molecule has 0 aliphatic heterocycles. The van der Waals surface area contributed by atoms with E-state index in [1.54, 1.807) is 6.07 Å². The van der Waals surface area contributed by atoms with Crippen LogP contribution in [0.25, 0.3) is 0 Å². The third kappa shape index (κ3) is 2.95. The topological polar surface area (TPSA) is 98.2 Å². The summed E-state index contributed by atoms with van der Waals surface area (Å²) in [4.78, 5) is 22.7. The molecular formula is C9H13N3O2S. The Kier molecular flexibility index (Phi) is 3.68. The van der Waals surface area contributed by atoms with Crippen molar-refractivity contribution >= 4 is 28.3 Å². The van der Waals surface area contributed by atoms with E-state index in [1.807, 2.05) is 6.92 Å². The zero-order valence-corrected chi connectivity index (χ0v) is 9.19. The Morgan fingerprint density at radius 3 is 2.60 bits per heavy atom. The van der Waals surface area contributed by atoms with Crippen molar-refractivity contribution in [2.24, 2.45) is 11.5 Å². The molecule has 3 amide bonds. The van der Waals surface area contributed by atoms with Gasteiger partial charge < -0.3 is 11.5 Å². The number of nitrogens with two attached hydrogens (primary N) is 2. The van der Waals surface area contributed by atoms with Crippen LogP contribution in [0, 0.1) is 0 Å². The number of hydrogen-bond acceptors (Lipinski definition) is 3. The summed E-state index contributed by atoms with van der Waals surface area (Å²) in [5.41, 5.74) is 10.5. The molecule has 0 bridgehead atoms. The van der Waals surface area contributed by atoms with Crippen LogP contribution >= 0.6 is 11.3 Å². The van der Waals surface area contributed by atoms with Gasteiger partial charge in [0.1, 0.15) is 5.00 Å². The molecule has 1 aromatic heterocycles. The Balaban J connectivity index is 3.00. The fourth-order valence-electron chi connectivity index (χ4n) is 1.20. The quantitative estimate of drug-likeness (QED) is 0.722. The molecule has 15 heavy (non-hydrogen) atoms. The lowest BCUT2D eigenvalue weighted by Gasteiger charge is -1.98. The van der Waals surface area contributed by atoms with E-state index < -0.39 is 11.9 Å². The molecule has 1 rings (SSSR count). The summed E-state index contributed by atoms with van der Waals surface area (Å²) >= 11 is 1.33. The van der Waals surface area contributed by atoms with E-state index in [9.17, 15) is 9.59 Å². The molecule has 5 nitrogen and oxygen atoms in total. The van der Waals surface area contributed by atoms with Crippen LogP contribution in [0.2, 0.25) is 0 Å². The maximum atomic E-state index is 11.1. The van der Waals surface area contributed by atoms with Gasteiger partial charge in [0.05, 0.1) is 5.56 Å². The van der Waals surface area contributed by atoms with Gasteiger partial charge in [-0.2, -0.15) is 0 Å². The van der Waals surface area contributed by atoms with E-state index in [-0.39, 0.29) is 0 Å². The van der Waals surface area contributed by atoms with Gasteiger partial charge in [0.25, 0.3) is 5.91 Å². The Bertz CT molecular complexity index is 387. The molecule has 82 valence electrons. The Hall–Kier alpha value is -1.56. The summed E-state index contributed by atoms with van der Waals surface area (Å²) in [6.45, 7) is 2.03. The van der Waals surface area contributed by atoms with Crippen LogP contribution in [0.1, 0.15) is 28.6 Å². The van der Waals surface area contributed by atoms with E-state index in [2.05, 4.69) is 5.32 Å². The molecule has 0 aliphatic carbocycles. The Morgan fingerprint density at radius 1 is 1.47 bits per heavy atom. The number of carbonyl (C=O) groups excluding carboxylic acids is 2. The van der Waals surface area contributed by atoms with Crippen molar-refractivity contribution in [2.45, 2.75) is 19.8 Å². The van der Waals surface area contributed by atoms with Crippen LogP contribution in [0.4, 0.5) is 9.80 Å². The number of hydrogen-bond donors (Lipinski definition) is 3. The summed E-state index contributed by atoms with van der Waals surface area (Å²) in [6, 6.07) is 1.00. The molecule has 0 aromatic carbocycles. The lowest BCUT2D eigenvalue weighted by atomic mass is 10.2. The smallest absolute Gasteiger partial charge is 0.317 e. The number of thiophene rings is 1. The second-order valence-corrected chi connectivity index (χ2v) is 4.20. The molecule has 0 spiro atoms. The normalized spacial score (nSPS) is 9.93. The van der Waals surface area contributed by atoms with Crippen molar-refractivity contribution < 1.29 is 9.59 Å². The monoisotopic (exact) mass is 227 g/mol. The predicted molar refractivity (Wildman–Crippen MR) is 60.0 cm³/mol. The van der Waals surface area contributed by atoms with E-state index in [1.165, 1.54) is 11.3 Å². The lowest BCUT2D eigenvalue weighted by Crippen LogP contribution is -2.21. The average Bonchev–Trinajstić information content (AvgIpc) is 2.47. The average molecular weight is 227 g/mol. The molecule has 0 radical (unpaired) electrons. The zero-order chi connectivity index (χ0) is 11.4. The van der Waals surface area contributed by atoms with Gasteiger partial charge >= 0.3 is 6.03 Å². The summed E-state index contributed by atoms with van der Waals surface area (Å²) < 4.78 is 0. The predicted octanol–water partition coefficient (Wildman–Crippen LogP) is 1.29. The second kappa shape index (κ2) is 4.79. The van der Waals surface area contributed by atoms with Crippen LogP contribution in [0.5, 0.6) is 0 Å². The van der Waals surface area contributed by atoms with E-state index >= 15 is 0 Å². The highest BCUT2D eigenvalue weighted by Crippen LogP contribution is 2.28. The maximum Gasteiger partial charge on any atom is 0.317 e. The van der Waals surface area contributed by atoms with Crippen molar-refractivity contribution in [1.29, 1.82) is 0 Å². The van der Waals surface area contributed by atoms with Gasteiger partial charge in [0.15, 0.2) is 0 Å². The van der Waals surface area contributed by atoms with Crippen molar-refractivity contribution in [3.63, 3.8) is 0 Å². The van der Waals surface area contributed by atoms with Crippen LogP contribution in [0.3, 0.4) is 0 Å². The lowest BCUT2D eigenvalue weighted by molar-refractivity contribution is 0.100. The minimum absolute atomic E-state index is 0.322. The van der Waals surface area contributed by atoms with Crippen molar-refractivity contribution in [1.82, 2.24) is 0 Å². The first-order chi connectivity index (χ1) is 7.04. The van der Waals surface area contributed by atoms with Gasteiger partial charge in [-0.25, -0.2) is 4.79 Å². The highest BCUT2D eigenvalue weighted by molar-refractivity contribution is 7.16. The summed E-state index contributed by atoms with van der Waals surface area (Å²) in [5, 5.41) is 2.82. The number of carbonyl (C=O) groups is 2. The number of rotatable bonds is 4. The molecule has 0 saturated carbocycles. The molecule has 5 N–H and O–H groups in total. The van der Waals surface area contributed by atoms with E-state index in [0.29, 0.717) is 10.6 Å². The second-order valence-electron chi connectivity index (χ2n) is 3.06. The van der Waals surface area contributed by atoms with Crippen molar-refractivity contribution in [3.8, 4) is 0 Å². The van der Waals surface area contributed by atoms with Gasteiger partial charge in [-0.3, -0.25) is 10.1 Å². The minimum Gasteiger partial charge on any atom is -0.366 e. The number of nitrogens with one attached hydrogen (secondary N) is 1. The number of primary amides is 2. The molecule has 6 heteroatoms. The summed E-state index contributed by atoms with van der Waals surface area (Å²) in [5.74, 6) is -0.558. The number of amides is 3. The largest absolute Gasteiger partial charge is 0.366 e. The van der Waals surface area contributed by atoms with Crippen LogP contribution in [-0.4, -0.2) is 11.9 Å². The molecule has 0 saturated heterocycles. The van der Waals surface area contributed by atoms with E-state index in [4.69, 9.17) is 11.5 Å². The summed E-state index contributed by atoms with van der Waals surface area (Å²) in [7, 11) is 0. The third-order valence-corrected chi connectivity index (χ3v) is 2.89. The van der Waals surface area contributed by atoms with Gasteiger partial charge in [-0.1, -0.05) is 13.3 Å². The first-order valence-electron chi connectivity index (χ1n) is 4.53. The number of urea groups is 1. The highest BCUT2D eigenvalue weighted by atomic mass is 32.1. The molecule has 0 unspecified atom stereocenters. The van der Waals surface area contributed by atoms with Crippen molar-refractivity contribution in [3.05, 3.63) is 16.5 Å². The summed E-state index contributed by atoms with van der Waals surface area (Å²) in [6.07, 6.45) is 1.82. The van der Waals surface area contributed by atoms with Gasteiger partial charge in [-0.05, 0) is 12.5 Å². The molecule has 0 atom stereocenters. The highest BCUT2D eigenvalue weighted by Gasteiger charge is 2.14. The molecule has 1 aromatic rings. The zero-order valence-electron chi connectivity index (χ0n) is 8.37. The molecular weight excluding hydrogens is 214 g/mol. The first kappa shape index (κ1) is 11.5. The maximum absolute atomic E-state index is 11.1. The molecule has 1 heterocycles. The number of aryl methyl sites for hydroxylation is 1. The van der Waals surface area contributed by atoms with E-state index in [0.717, 1.165) is 17.7 Å². The van der Waals surface area contributed by atoms with Gasteiger partial charge in [0, 0.05) is 4.88 Å². The SMILES string of the molecule is CCCc1cc(C(N)=O)c(NC(N)=O)s1. The van der Waals surface area contributed by atoms with Gasteiger partial charge in [0.2, 0.25) is 0 Å². The fourth-order valence-corrected chi connectivity index (χ4v) is 2.37. The first-order valence-corrected chi connectivity index (χ1v) is 5.35. The minimum atomic E-state index is -0.692. The number of anilines is 1. The van der Waals surface area contributed by atoms with Crippen LogP contribution in [-0.2, 0) is 6.42 Å². The third-order valence-electron chi connectivity index (χ3n) is 1.78. The standard InChI is InChI=1S/C9H13N3O2S/c1-2-3-5-4-6(7(10)13)8(15-5)12-9(11)14/h4H,2-3H2,1H3,(H2,10,13)(H3,11,12,14). The van der Waals surface area contributed by atoms with Gasteiger partial charge in [-0.15, -0.1) is 11.3 Å². The molecule has 0 fully saturated rings. The fraction of sp³-hybridized carbons (Fsp3) is 0.333.